The Kier molecular flexibility index (Phi) is 11.0. The summed E-state index contributed by atoms with van der Waals surface area (Å²) in [5.74, 6) is 0. The molecule has 0 amide bonds. The van der Waals surface area contributed by atoms with Crippen LogP contribution in [0.25, 0.3) is 0 Å². The van der Waals surface area contributed by atoms with Crippen LogP contribution in [0.3, 0.4) is 0 Å². The maximum absolute atomic E-state index is 8.74. The van der Waals surface area contributed by atoms with Crippen molar-refractivity contribution in [2.75, 3.05) is 0 Å². The standard InChI is InChI=1S/ClH.Li.H2O4S.H/c;;1-5(2,3)4;/h1H;;(H2,1,2,3,4);. The molecule has 0 saturated carbocycles. The minimum atomic E-state index is -4.67. The SMILES string of the molecule is Cl.O=S(=O)(O)O.[LiH]. The van der Waals surface area contributed by atoms with Crippen molar-refractivity contribution >= 4 is 41.7 Å². The van der Waals surface area contributed by atoms with Crippen molar-refractivity contribution in [1.82, 2.24) is 0 Å². The van der Waals surface area contributed by atoms with E-state index in [9.17, 15) is 0 Å². The van der Waals surface area contributed by atoms with Crippen LogP contribution < -0.4 is 0 Å². The van der Waals surface area contributed by atoms with Crippen molar-refractivity contribution in [3.8, 4) is 0 Å². The van der Waals surface area contributed by atoms with E-state index >= 15 is 0 Å². The molecule has 0 aliphatic rings. The van der Waals surface area contributed by atoms with Crippen LogP contribution in [0.5, 0.6) is 0 Å². The molecule has 4 nitrogen and oxygen atoms in total. The van der Waals surface area contributed by atoms with Crippen LogP contribution in [0, 0.1) is 0 Å². The van der Waals surface area contributed by atoms with E-state index in [4.69, 9.17) is 17.5 Å². The molecule has 0 heterocycles. The Balaban J connectivity index is -0.0000000800. The minimum absolute atomic E-state index is 0. The van der Waals surface area contributed by atoms with Gasteiger partial charge in [-0.05, 0) is 0 Å². The van der Waals surface area contributed by atoms with E-state index in [1.165, 1.54) is 0 Å². The first-order valence-corrected chi connectivity index (χ1v) is 2.10. The van der Waals surface area contributed by atoms with Gasteiger partial charge >= 0.3 is 29.3 Å². The van der Waals surface area contributed by atoms with Gasteiger partial charge < -0.3 is 0 Å². The Morgan fingerprint density at radius 1 is 1.14 bits per heavy atom. The van der Waals surface area contributed by atoms with Crippen molar-refractivity contribution in [3.05, 3.63) is 0 Å². The first-order valence-electron chi connectivity index (χ1n) is 0.698. The Labute approximate surface area is 59.5 Å². The predicted octanol–water partition coefficient (Wildman–Crippen LogP) is -0.879. The van der Waals surface area contributed by atoms with E-state index in [-0.39, 0.29) is 31.3 Å². The molecule has 0 unspecified atom stereocenters. The van der Waals surface area contributed by atoms with Gasteiger partial charge in [0.15, 0.2) is 0 Å². The summed E-state index contributed by atoms with van der Waals surface area (Å²) in [6, 6.07) is 0. The number of rotatable bonds is 0. The molecule has 0 aliphatic carbocycles. The van der Waals surface area contributed by atoms with Gasteiger partial charge in [0.25, 0.3) is 0 Å². The second kappa shape index (κ2) is 4.91. The number of hydrogen-bond donors (Lipinski definition) is 2. The number of hydrogen-bond acceptors (Lipinski definition) is 2. The van der Waals surface area contributed by atoms with Crippen LogP contribution in [0.15, 0.2) is 0 Å². The molecule has 0 saturated heterocycles. The molecule has 0 aromatic carbocycles. The van der Waals surface area contributed by atoms with Crippen LogP contribution in [-0.2, 0) is 10.4 Å². The molecule has 0 bridgehead atoms. The quantitative estimate of drug-likeness (QED) is 0.340. The van der Waals surface area contributed by atoms with Crippen LogP contribution in [0.4, 0.5) is 0 Å². The van der Waals surface area contributed by atoms with E-state index in [0.29, 0.717) is 0 Å². The van der Waals surface area contributed by atoms with E-state index in [1.807, 2.05) is 0 Å². The van der Waals surface area contributed by atoms with E-state index in [0.717, 1.165) is 0 Å². The Bertz CT molecular complexity index is 94.9. The first kappa shape index (κ1) is 15.7. The third-order valence-corrected chi connectivity index (χ3v) is 0. The van der Waals surface area contributed by atoms with Crippen molar-refractivity contribution in [2.45, 2.75) is 0 Å². The maximum atomic E-state index is 8.74. The molecular formula is H4ClLiO4S. The molecule has 0 aliphatic heterocycles. The van der Waals surface area contributed by atoms with Gasteiger partial charge in [-0.25, -0.2) is 0 Å². The zero-order chi connectivity index (χ0) is 4.50. The average Bonchev–Trinajstić information content (AvgIpc) is 0.722. The molecule has 0 aromatic rings. The third kappa shape index (κ3) is 267. The van der Waals surface area contributed by atoms with Crippen LogP contribution in [0.1, 0.15) is 0 Å². The summed E-state index contributed by atoms with van der Waals surface area (Å²) in [6.07, 6.45) is 0. The molecule has 7 heavy (non-hydrogen) atoms. The monoisotopic (exact) mass is 142 g/mol. The summed E-state index contributed by atoms with van der Waals surface area (Å²) in [7, 11) is -4.67. The average molecular weight is 142 g/mol. The van der Waals surface area contributed by atoms with Gasteiger partial charge in [-0.15, -0.1) is 12.4 Å². The van der Waals surface area contributed by atoms with Gasteiger partial charge in [0.1, 0.15) is 0 Å². The van der Waals surface area contributed by atoms with Gasteiger partial charge in [-0.3, -0.25) is 9.11 Å². The van der Waals surface area contributed by atoms with Crippen molar-refractivity contribution in [2.24, 2.45) is 0 Å². The van der Waals surface area contributed by atoms with E-state index in [2.05, 4.69) is 0 Å². The molecule has 0 radical (unpaired) electrons. The van der Waals surface area contributed by atoms with Crippen LogP contribution in [-0.4, -0.2) is 36.4 Å². The molecule has 7 heteroatoms. The Morgan fingerprint density at radius 2 is 1.14 bits per heavy atom. The van der Waals surface area contributed by atoms with E-state index < -0.39 is 10.4 Å². The van der Waals surface area contributed by atoms with Crippen molar-refractivity contribution in [3.63, 3.8) is 0 Å². The normalized spacial score (nSPS) is 8.29. The second-order valence-electron chi connectivity index (χ2n) is 0.448. The topological polar surface area (TPSA) is 74.6 Å². The van der Waals surface area contributed by atoms with Gasteiger partial charge in [0.2, 0.25) is 0 Å². The molecule has 0 spiro atoms. The third-order valence-electron chi connectivity index (χ3n) is 0. The zero-order valence-corrected chi connectivity index (χ0v) is 4.16. The molecule has 0 atom stereocenters. The Hall–Kier alpha value is 0.757. The molecule has 42 valence electrons. The van der Waals surface area contributed by atoms with Gasteiger partial charge in [0, 0.05) is 0 Å². The fraction of sp³-hybridized carbons (Fsp3) is 0. The first-order chi connectivity index (χ1) is 2.00. The van der Waals surface area contributed by atoms with E-state index in [1.54, 1.807) is 0 Å². The second-order valence-corrected chi connectivity index (χ2v) is 1.34. The summed E-state index contributed by atoms with van der Waals surface area (Å²) in [6.45, 7) is 0. The number of halogens is 1. The zero-order valence-electron chi connectivity index (χ0n) is 2.53. The molecule has 0 fully saturated rings. The summed E-state index contributed by atoms with van der Waals surface area (Å²) in [4.78, 5) is 0. The molecule has 0 aromatic heterocycles. The van der Waals surface area contributed by atoms with Crippen LogP contribution in [0.2, 0.25) is 0 Å². The summed E-state index contributed by atoms with van der Waals surface area (Å²) >= 11 is 0. The van der Waals surface area contributed by atoms with Crippen LogP contribution >= 0.6 is 12.4 Å². The fourth-order valence-electron chi connectivity index (χ4n) is 0. The summed E-state index contributed by atoms with van der Waals surface area (Å²) < 4.78 is 31.6. The van der Waals surface area contributed by atoms with Gasteiger partial charge in [-0.2, -0.15) is 8.42 Å². The molecule has 2 N–H and O–H groups in total. The van der Waals surface area contributed by atoms with Gasteiger partial charge in [0.05, 0.1) is 0 Å². The predicted molar refractivity (Wildman–Crippen MR) is 28.6 cm³/mol. The Morgan fingerprint density at radius 3 is 1.14 bits per heavy atom. The summed E-state index contributed by atoms with van der Waals surface area (Å²) in [5.41, 5.74) is 0. The van der Waals surface area contributed by atoms with Crippen molar-refractivity contribution in [1.29, 1.82) is 0 Å². The molecule has 0 rings (SSSR count). The van der Waals surface area contributed by atoms with Gasteiger partial charge in [-0.1, -0.05) is 0 Å². The fourth-order valence-corrected chi connectivity index (χ4v) is 0. The molecular weight excluding hydrogens is 138 g/mol. The van der Waals surface area contributed by atoms with Crippen molar-refractivity contribution < 1.29 is 17.5 Å². The summed E-state index contributed by atoms with van der Waals surface area (Å²) in [5, 5.41) is 0.